The average molecular weight is 547 g/mol. The van der Waals surface area contributed by atoms with Crippen LogP contribution in [0.5, 0.6) is 5.75 Å². The fraction of sp³-hybridized carbons (Fsp3) is 0.433. The number of hydrogen-bond donors (Lipinski definition) is 1. The Labute approximate surface area is 233 Å². The molecular formula is C30H34N4O6. The molecular weight excluding hydrogens is 512 g/mol. The van der Waals surface area contributed by atoms with Crippen LogP contribution in [0.1, 0.15) is 58.9 Å². The number of amides is 5. The van der Waals surface area contributed by atoms with Gasteiger partial charge >= 0.3 is 0 Å². The smallest absolute Gasteiger partial charge is 0.264 e. The van der Waals surface area contributed by atoms with Gasteiger partial charge in [0.1, 0.15) is 11.8 Å². The molecule has 2 saturated heterocycles. The SMILES string of the molecule is COc1cccc(CC(=O)N(C)CC2(C)CCN(c3cccc4c3C(=O)N(C3CCC(=O)NC3=O)C4=O)CC2)c1. The van der Waals surface area contributed by atoms with Crippen molar-refractivity contribution in [1.29, 1.82) is 0 Å². The Bertz CT molecular complexity index is 1380. The monoisotopic (exact) mass is 546 g/mol. The molecule has 40 heavy (non-hydrogen) atoms. The van der Waals surface area contributed by atoms with E-state index in [1.807, 2.05) is 37.4 Å². The molecule has 2 aromatic rings. The first-order chi connectivity index (χ1) is 19.1. The number of methoxy groups -OCH3 is 1. The van der Waals surface area contributed by atoms with Gasteiger partial charge in [-0.25, -0.2) is 0 Å². The van der Waals surface area contributed by atoms with Gasteiger partial charge in [-0.2, -0.15) is 0 Å². The normalized spacial score (nSPS) is 20.3. The number of imide groups is 2. The Kier molecular flexibility index (Phi) is 7.35. The second-order valence-electron chi connectivity index (χ2n) is 11.2. The molecule has 3 heterocycles. The molecule has 0 aliphatic carbocycles. The number of fused-ring (bicyclic) bond motifs is 1. The highest BCUT2D eigenvalue weighted by Gasteiger charge is 2.46. The zero-order chi connectivity index (χ0) is 28.6. The highest BCUT2D eigenvalue weighted by atomic mass is 16.5. The minimum atomic E-state index is -0.993. The van der Waals surface area contributed by atoms with Crippen LogP contribution in [0.2, 0.25) is 0 Å². The molecule has 3 aliphatic heterocycles. The standard InChI is InChI=1S/C30H34N4O6/c1-30(18-32(2)25(36)17-19-6-4-7-20(16-19)40-3)12-14-33(15-13-30)22-9-5-8-21-26(22)29(39)34(28(21)38)23-10-11-24(35)31-27(23)37/h4-9,16,23H,10-15,17-18H2,1-3H3,(H,31,35,37). The summed E-state index contributed by atoms with van der Waals surface area (Å²) in [4.78, 5) is 68.6. The van der Waals surface area contributed by atoms with Gasteiger partial charge in [-0.05, 0) is 54.5 Å². The highest BCUT2D eigenvalue weighted by Crippen LogP contribution is 2.38. The zero-order valence-corrected chi connectivity index (χ0v) is 23.1. The van der Waals surface area contributed by atoms with E-state index in [1.165, 1.54) is 0 Å². The fourth-order valence-corrected chi connectivity index (χ4v) is 5.96. The molecule has 3 aliphatic rings. The van der Waals surface area contributed by atoms with Crippen molar-refractivity contribution in [2.75, 3.05) is 38.7 Å². The third-order valence-electron chi connectivity index (χ3n) is 8.29. The lowest BCUT2D eigenvalue weighted by Crippen LogP contribution is -2.54. The summed E-state index contributed by atoms with van der Waals surface area (Å²) in [5.74, 6) is -1.26. The molecule has 1 N–H and O–H groups in total. The van der Waals surface area contributed by atoms with Crippen LogP contribution < -0.4 is 15.0 Å². The number of hydrogen-bond acceptors (Lipinski definition) is 7. The molecule has 5 amide bonds. The van der Waals surface area contributed by atoms with Crippen molar-refractivity contribution in [3.8, 4) is 5.75 Å². The van der Waals surface area contributed by atoms with Crippen LogP contribution in [-0.2, 0) is 20.8 Å². The lowest BCUT2D eigenvalue weighted by Gasteiger charge is -2.42. The summed E-state index contributed by atoms with van der Waals surface area (Å²) >= 11 is 0. The number of nitrogens with one attached hydrogen (secondary N) is 1. The summed E-state index contributed by atoms with van der Waals surface area (Å²) in [6, 6.07) is 11.7. The van der Waals surface area contributed by atoms with Gasteiger partial charge in [-0.1, -0.05) is 25.1 Å². The molecule has 10 nitrogen and oxygen atoms in total. The van der Waals surface area contributed by atoms with Crippen LogP contribution >= 0.6 is 0 Å². The summed E-state index contributed by atoms with van der Waals surface area (Å²) in [5.41, 5.74) is 2.07. The number of carbonyl (C=O) groups excluding carboxylic acids is 5. The Morgan fingerprint density at radius 1 is 1.07 bits per heavy atom. The van der Waals surface area contributed by atoms with Gasteiger partial charge in [0.2, 0.25) is 17.7 Å². The summed E-state index contributed by atoms with van der Waals surface area (Å²) in [6.45, 7) is 4.10. The van der Waals surface area contributed by atoms with E-state index in [0.717, 1.165) is 29.1 Å². The van der Waals surface area contributed by atoms with Crippen molar-refractivity contribution in [3.63, 3.8) is 0 Å². The quantitative estimate of drug-likeness (QED) is 0.530. The molecule has 2 fully saturated rings. The number of nitrogens with zero attached hydrogens (tertiary/aromatic N) is 3. The molecule has 2 aromatic carbocycles. The van der Waals surface area contributed by atoms with Crippen molar-refractivity contribution in [2.24, 2.45) is 5.41 Å². The van der Waals surface area contributed by atoms with Crippen molar-refractivity contribution >= 4 is 35.2 Å². The maximum atomic E-state index is 13.5. The maximum Gasteiger partial charge on any atom is 0.264 e. The first-order valence-corrected chi connectivity index (χ1v) is 13.6. The number of likely N-dealkylation sites (N-methyl/N-ethyl adjacent to an activating group) is 1. The largest absolute Gasteiger partial charge is 0.497 e. The first kappa shape index (κ1) is 27.4. The number of carbonyl (C=O) groups is 5. The lowest BCUT2D eigenvalue weighted by atomic mass is 9.79. The predicted molar refractivity (Wildman–Crippen MR) is 147 cm³/mol. The molecule has 210 valence electrons. The lowest BCUT2D eigenvalue weighted by molar-refractivity contribution is -0.136. The van der Waals surface area contributed by atoms with E-state index in [4.69, 9.17) is 4.74 Å². The topological polar surface area (TPSA) is 116 Å². The molecule has 0 spiro atoms. The van der Waals surface area contributed by atoms with E-state index >= 15 is 0 Å². The van der Waals surface area contributed by atoms with E-state index < -0.39 is 29.7 Å². The number of anilines is 1. The third-order valence-corrected chi connectivity index (χ3v) is 8.29. The molecule has 0 radical (unpaired) electrons. The van der Waals surface area contributed by atoms with Gasteiger partial charge in [0, 0.05) is 33.1 Å². The second-order valence-corrected chi connectivity index (χ2v) is 11.2. The number of benzene rings is 2. The van der Waals surface area contributed by atoms with E-state index in [0.29, 0.717) is 37.3 Å². The van der Waals surface area contributed by atoms with Crippen LogP contribution in [0.4, 0.5) is 5.69 Å². The molecule has 0 saturated carbocycles. The predicted octanol–water partition coefficient (Wildman–Crippen LogP) is 2.40. The van der Waals surface area contributed by atoms with Crippen LogP contribution in [0.15, 0.2) is 42.5 Å². The number of piperidine rings is 2. The summed E-state index contributed by atoms with van der Waals surface area (Å²) < 4.78 is 5.26. The fourth-order valence-electron chi connectivity index (χ4n) is 5.96. The van der Waals surface area contributed by atoms with Gasteiger partial charge in [0.05, 0.1) is 30.3 Å². The van der Waals surface area contributed by atoms with Gasteiger partial charge in [0.25, 0.3) is 11.8 Å². The van der Waals surface area contributed by atoms with Crippen LogP contribution in [-0.4, -0.2) is 79.2 Å². The Morgan fingerprint density at radius 3 is 2.50 bits per heavy atom. The van der Waals surface area contributed by atoms with E-state index in [-0.39, 0.29) is 29.7 Å². The second kappa shape index (κ2) is 10.7. The van der Waals surface area contributed by atoms with Gasteiger partial charge < -0.3 is 14.5 Å². The van der Waals surface area contributed by atoms with E-state index in [2.05, 4.69) is 17.1 Å². The third kappa shape index (κ3) is 5.17. The average Bonchev–Trinajstić information content (AvgIpc) is 3.19. The Morgan fingerprint density at radius 2 is 1.80 bits per heavy atom. The minimum absolute atomic E-state index is 0.0374. The first-order valence-electron chi connectivity index (χ1n) is 13.6. The molecule has 1 atom stereocenters. The molecule has 1 unspecified atom stereocenters. The summed E-state index contributed by atoms with van der Waals surface area (Å²) in [6.07, 6.45) is 2.10. The van der Waals surface area contributed by atoms with E-state index in [1.54, 1.807) is 24.1 Å². The van der Waals surface area contributed by atoms with Crippen LogP contribution in [0.25, 0.3) is 0 Å². The van der Waals surface area contributed by atoms with Crippen molar-refractivity contribution in [2.45, 2.75) is 45.1 Å². The van der Waals surface area contributed by atoms with Gasteiger partial charge in [-0.3, -0.25) is 34.2 Å². The van der Waals surface area contributed by atoms with Gasteiger partial charge in [-0.15, -0.1) is 0 Å². The minimum Gasteiger partial charge on any atom is -0.497 e. The number of rotatable bonds is 7. The van der Waals surface area contributed by atoms with Crippen LogP contribution in [0, 0.1) is 5.41 Å². The van der Waals surface area contributed by atoms with Crippen molar-refractivity contribution in [3.05, 3.63) is 59.2 Å². The molecule has 5 rings (SSSR count). The van der Waals surface area contributed by atoms with Crippen molar-refractivity contribution in [1.82, 2.24) is 15.1 Å². The molecule has 0 bridgehead atoms. The summed E-state index contributed by atoms with van der Waals surface area (Å²) in [5, 5.41) is 2.24. The maximum absolute atomic E-state index is 13.5. The highest BCUT2D eigenvalue weighted by molar-refractivity contribution is 6.25. The Hall–Kier alpha value is -4.21. The van der Waals surface area contributed by atoms with E-state index in [9.17, 15) is 24.0 Å². The van der Waals surface area contributed by atoms with Crippen LogP contribution in [0.3, 0.4) is 0 Å². The zero-order valence-electron chi connectivity index (χ0n) is 23.1. The molecule has 0 aromatic heterocycles. The Balaban J connectivity index is 1.24. The summed E-state index contributed by atoms with van der Waals surface area (Å²) in [7, 11) is 3.43. The van der Waals surface area contributed by atoms with Crippen molar-refractivity contribution < 1.29 is 28.7 Å². The molecule has 10 heteroatoms. The van der Waals surface area contributed by atoms with Gasteiger partial charge in [0.15, 0.2) is 0 Å². The number of ether oxygens (including phenoxy) is 1.